The Balaban J connectivity index is 2.01. The Morgan fingerprint density at radius 2 is 1.78 bits per heavy atom. The van der Waals surface area contributed by atoms with Crippen molar-refractivity contribution in [2.75, 3.05) is 6.54 Å². The Morgan fingerprint density at radius 3 is 2.44 bits per heavy atom. The average molecular weight is 387 g/mol. The Hall–Kier alpha value is -2.81. The Labute approximate surface area is 156 Å². The van der Waals surface area contributed by atoms with E-state index in [1.807, 2.05) is 6.07 Å². The second-order valence-corrected chi connectivity index (χ2v) is 7.90. The summed E-state index contributed by atoms with van der Waals surface area (Å²) in [5.74, 6) is -0.942. The molecule has 27 heavy (non-hydrogen) atoms. The lowest BCUT2D eigenvalue weighted by atomic mass is 9.86. The molecular formula is C19H19N2O5S+. The van der Waals surface area contributed by atoms with E-state index in [4.69, 9.17) is 5.14 Å². The zero-order chi connectivity index (χ0) is 19.8. The summed E-state index contributed by atoms with van der Waals surface area (Å²) in [6.45, 7) is 0.659. The number of quaternary nitrogens is 1. The third-order valence-electron chi connectivity index (χ3n) is 4.32. The SMILES string of the molecule is NS(=O)(=O)c1cccc2c1C(=O)C=C(Cc1cc(O)cc(CC[NH3+])c1)C2=O. The number of phenols is 1. The van der Waals surface area contributed by atoms with Crippen LogP contribution in [0.3, 0.4) is 0 Å². The van der Waals surface area contributed by atoms with Crippen molar-refractivity contribution in [1.82, 2.24) is 0 Å². The molecule has 0 aliphatic heterocycles. The van der Waals surface area contributed by atoms with E-state index in [1.165, 1.54) is 24.3 Å². The first kappa shape index (κ1) is 19.0. The first-order valence-corrected chi connectivity index (χ1v) is 9.82. The van der Waals surface area contributed by atoms with Crippen molar-refractivity contribution in [2.45, 2.75) is 17.7 Å². The number of carbonyl (C=O) groups excluding carboxylic acids is 2. The largest absolute Gasteiger partial charge is 0.508 e. The molecule has 0 saturated heterocycles. The summed E-state index contributed by atoms with van der Waals surface area (Å²) < 4.78 is 23.5. The topological polar surface area (TPSA) is 142 Å². The molecule has 2 aromatic carbocycles. The summed E-state index contributed by atoms with van der Waals surface area (Å²) in [7, 11) is -4.14. The highest BCUT2D eigenvalue weighted by atomic mass is 32.2. The zero-order valence-electron chi connectivity index (χ0n) is 14.4. The van der Waals surface area contributed by atoms with Gasteiger partial charge >= 0.3 is 0 Å². The van der Waals surface area contributed by atoms with Gasteiger partial charge in [0.05, 0.1) is 17.0 Å². The fourth-order valence-corrected chi connectivity index (χ4v) is 3.99. The zero-order valence-corrected chi connectivity index (χ0v) is 15.3. The molecule has 3 rings (SSSR count). The minimum Gasteiger partial charge on any atom is -0.508 e. The molecule has 0 spiro atoms. The number of carbonyl (C=O) groups is 2. The van der Waals surface area contributed by atoms with E-state index in [0.717, 1.165) is 11.6 Å². The van der Waals surface area contributed by atoms with Crippen LogP contribution in [-0.4, -0.2) is 31.6 Å². The summed E-state index contributed by atoms with van der Waals surface area (Å²) in [5, 5.41) is 15.0. The van der Waals surface area contributed by atoms with Gasteiger partial charge < -0.3 is 10.8 Å². The molecule has 0 aromatic heterocycles. The van der Waals surface area contributed by atoms with Crippen LogP contribution in [0.25, 0.3) is 0 Å². The molecule has 7 nitrogen and oxygen atoms in total. The van der Waals surface area contributed by atoms with E-state index in [-0.39, 0.29) is 33.8 Å². The predicted octanol–water partition coefficient (Wildman–Crippen LogP) is 0.372. The van der Waals surface area contributed by atoms with E-state index in [9.17, 15) is 23.1 Å². The van der Waals surface area contributed by atoms with Gasteiger partial charge in [-0.2, -0.15) is 0 Å². The standard InChI is InChI=1S/C19H18N2O5S/c20-5-4-11-6-12(9-14(22)8-11)7-13-10-16(23)18-15(19(13)24)2-1-3-17(18)27(21,25)26/h1-3,6,8-10,22H,4-5,7,20H2,(H2,21,25,26)/p+1. The number of nitrogens with two attached hydrogens (primary N) is 1. The number of phenolic OH excluding ortho intramolecular Hbond substituents is 1. The van der Waals surface area contributed by atoms with Crippen LogP contribution in [0, 0.1) is 0 Å². The number of primary sulfonamides is 1. The number of aromatic hydroxyl groups is 1. The number of ketones is 2. The summed E-state index contributed by atoms with van der Waals surface area (Å²) in [4.78, 5) is 25.0. The number of hydrogen-bond donors (Lipinski definition) is 3. The molecular weight excluding hydrogens is 368 g/mol. The molecule has 0 radical (unpaired) electrons. The molecule has 6 N–H and O–H groups in total. The molecule has 0 atom stereocenters. The van der Waals surface area contributed by atoms with Gasteiger partial charge in [-0.1, -0.05) is 18.2 Å². The van der Waals surface area contributed by atoms with Crippen molar-refractivity contribution in [1.29, 1.82) is 0 Å². The number of fused-ring (bicyclic) bond motifs is 1. The van der Waals surface area contributed by atoms with Crippen LogP contribution in [0.5, 0.6) is 5.75 Å². The second kappa shape index (κ2) is 7.07. The van der Waals surface area contributed by atoms with Gasteiger partial charge in [0.1, 0.15) is 5.75 Å². The molecule has 0 saturated carbocycles. The van der Waals surface area contributed by atoms with Crippen molar-refractivity contribution in [2.24, 2.45) is 5.14 Å². The maximum atomic E-state index is 12.8. The highest BCUT2D eigenvalue weighted by Gasteiger charge is 2.30. The number of benzene rings is 2. The Bertz CT molecular complexity index is 1090. The van der Waals surface area contributed by atoms with Gasteiger partial charge in [-0.3, -0.25) is 9.59 Å². The van der Waals surface area contributed by atoms with Gasteiger partial charge in [0.15, 0.2) is 11.6 Å². The van der Waals surface area contributed by atoms with Crippen LogP contribution in [0.2, 0.25) is 0 Å². The lowest BCUT2D eigenvalue weighted by molar-refractivity contribution is -0.366. The summed E-state index contributed by atoms with van der Waals surface area (Å²) >= 11 is 0. The molecule has 2 aromatic rings. The van der Waals surface area contributed by atoms with E-state index >= 15 is 0 Å². The molecule has 0 fully saturated rings. The van der Waals surface area contributed by atoms with E-state index in [1.54, 1.807) is 6.07 Å². The van der Waals surface area contributed by atoms with Gasteiger partial charge in [-0.05, 0) is 35.4 Å². The molecule has 0 unspecified atom stereocenters. The van der Waals surface area contributed by atoms with Crippen LogP contribution < -0.4 is 10.9 Å². The van der Waals surface area contributed by atoms with Crippen LogP contribution in [0.1, 0.15) is 31.8 Å². The van der Waals surface area contributed by atoms with Gasteiger partial charge in [0, 0.05) is 24.0 Å². The second-order valence-electron chi connectivity index (χ2n) is 6.37. The summed E-state index contributed by atoms with van der Waals surface area (Å²) in [6.07, 6.45) is 1.96. The fraction of sp³-hybridized carbons (Fsp3) is 0.158. The quantitative estimate of drug-likeness (QED) is 0.679. The molecule has 0 amide bonds. The number of sulfonamides is 1. The van der Waals surface area contributed by atoms with Gasteiger partial charge in [0.25, 0.3) is 0 Å². The first-order valence-electron chi connectivity index (χ1n) is 8.27. The third kappa shape index (κ3) is 3.82. The Kier molecular flexibility index (Phi) is 4.97. The smallest absolute Gasteiger partial charge is 0.238 e. The van der Waals surface area contributed by atoms with Crippen LogP contribution in [-0.2, 0) is 22.9 Å². The van der Waals surface area contributed by atoms with Crippen molar-refractivity contribution < 1.29 is 28.8 Å². The highest BCUT2D eigenvalue weighted by molar-refractivity contribution is 7.89. The van der Waals surface area contributed by atoms with Crippen molar-refractivity contribution in [3.63, 3.8) is 0 Å². The monoisotopic (exact) mass is 387 g/mol. The maximum absolute atomic E-state index is 12.8. The third-order valence-corrected chi connectivity index (χ3v) is 5.27. The fourth-order valence-electron chi connectivity index (χ4n) is 3.23. The van der Waals surface area contributed by atoms with Crippen molar-refractivity contribution in [3.8, 4) is 5.75 Å². The maximum Gasteiger partial charge on any atom is 0.238 e. The van der Waals surface area contributed by atoms with Gasteiger partial charge in [-0.15, -0.1) is 0 Å². The van der Waals surface area contributed by atoms with E-state index < -0.39 is 21.6 Å². The van der Waals surface area contributed by atoms with E-state index in [2.05, 4.69) is 5.73 Å². The molecule has 0 bridgehead atoms. The van der Waals surface area contributed by atoms with Crippen LogP contribution in [0.4, 0.5) is 0 Å². The minimum atomic E-state index is -4.14. The van der Waals surface area contributed by atoms with Crippen LogP contribution >= 0.6 is 0 Å². The average Bonchev–Trinajstić information content (AvgIpc) is 2.58. The normalized spacial score (nSPS) is 14.1. The van der Waals surface area contributed by atoms with Crippen molar-refractivity contribution in [3.05, 3.63) is 70.3 Å². The summed E-state index contributed by atoms with van der Waals surface area (Å²) in [6, 6.07) is 9.01. The lowest BCUT2D eigenvalue weighted by Gasteiger charge is -2.17. The number of Topliss-reactive ketones (excluding diaryl/α,β-unsaturated/α-hetero) is 1. The molecule has 8 heteroatoms. The van der Waals surface area contributed by atoms with Gasteiger partial charge in [0.2, 0.25) is 10.0 Å². The Morgan fingerprint density at radius 1 is 1.07 bits per heavy atom. The molecule has 0 heterocycles. The number of allylic oxidation sites excluding steroid dienone is 2. The molecule has 1 aliphatic carbocycles. The molecule has 140 valence electrons. The van der Waals surface area contributed by atoms with Crippen LogP contribution in [0.15, 0.2) is 52.9 Å². The number of hydrogen-bond acceptors (Lipinski definition) is 5. The molecule has 1 aliphatic rings. The predicted molar refractivity (Wildman–Crippen MR) is 97.8 cm³/mol. The summed E-state index contributed by atoms with van der Waals surface area (Å²) in [5.41, 5.74) is 5.39. The van der Waals surface area contributed by atoms with E-state index in [0.29, 0.717) is 18.5 Å². The lowest BCUT2D eigenvalue weighted by Crippen LogP contribution is -2.51. The van der Waals surface area contributed by atoms with Gasteiger partial charge in [-0.25, -0.2) is 13.6 Å². The number of rotatable bonds is 5. The van der Waals surface area contributed by atoms with Crippen molar-refractivity contribution >= 4 is 21.6 Å². The highest BCUT2D eigenvalue weighted by Crippen LogP contribution is 2.29. The first-order chi connectivity index (χ1) is 12.7. The minimum absolute atomic E-state index is 0.0159.